The lowest BCUT2D eigenvalue weighted by Crippen LogP contribution is -1.94. The van der Waals surface area contributed by atoms with Gasteiger partial charge in [-0.3, -0.25) is 9.20 Å². The van der Waals surface area contributed by atoms with Crippen molar-refractivity contribution in [2.75, 3.05) is 0 Å². The number of H-pyrrole nitrogens is 1. The number of aryl methyl sites for hydroxylation is 2. The summed E-state index contributed by atoms with van der Waals surface area (Å²) in [5.41, 5.74) is 4.64. The van der Waals surface area contributed by atoms with Crippen LogP contribution < -0.4 is 0 Å². The topological polar surface area (TPSA) is 50.2 Å². The van der Waals surface area contributed by atoms with Gasteiger partial charge in [0.15, 0.2) is 4.96 Å². The number of hydrogen-bond acceptors (Lipinski definition) is 3. The van der Waals surface area contributed by atoms with Crippen LogP contribution in [0.3, 0.4) is 0 Å². The first-order valence-corrected chi connectivity index (χ1v) is 8.85. The molecule has 0 fully saturated rings. The highest BCUT2D eigenvalue weighted by atomic mass is 32.1. The predicted molar refractivity (Wildman–Crippen MR) is 102 cm³/mol. The predicted octanol–water partition coefficient (Wildman–Crippen LogP) is 4.90. The summed E-state index contributed by atoms with van der Waals surface area (Å²) in [7, 11) is 0. The van der Waals surface area contributed by atoms with Gasteiger partial charge in [0.2, 0.25) is 5.78 Å². The van der Waals surface area contributed by atoms with Crippen LogP contribution in [0, 0.1) is 13.8 Å². The summed E-state index contributed by atoms with van der Waals surface area (Å²) >= 11 is 1.64. The summed E-state index contributed by atoms with van der Waals surface area (Å²) in [5, 5.41) is 0. The Hall–Kier alpha value is -2.92. The van der Waals surface area contributed by atoms with Gasteiger partial charge < -0.3 is 4.98 Å². The number of nitrogens with one attached hydrogen (secondary N) is 1. The highest BCUT2D eigenvalue weighted by molar-refractivity contribution is 7.17. The monoisotopic (exact) mass is 347 g/mol. The van der Waals surface area contributed by atoms with Gasteiger partial charge in [0, 0.05) is 22.8 Å². The van der Waals surface area contributed by atoms with Crippen molar-refractivity contribution in [3.63, 3.8) is 0 Å². The zero-order valence-corrected chi connectivity index (χ0v) is 14.8. The second-order valence-corrected chi connectivity index (χ2v) is 7.20. The molecule has 0 saturated carbocycles. The molecule has 4 nitrogen and oxygen atoms in total. The number of benzene rings is 1. The van der Waals surface area contributed by atoms with Crippen LogP contribution in [0.5, 0.6) is 0 Å². The van der Waals surface area contributed by atoms with E-state index in [1.165, 1.54) is 10.4 Å². The number of carbonyl (C=O) groups is 1. The first-order valence-electron chi connectivity index (χ1n) is 8.03. The van der Waals surface area contributed by atoms with E-state index in [2.05, 4.69) is 49.3 Å². The van der Waals surface area contributed by atoms with Crippen molar-refractivity contribution < 1.29 is 4.79 Å². The molecule has 25 heavy (non-hydrogen) atoms. The van der Waals surface area contributed by atoms with Crippen LogP contribution in [0.2, 0.25) is 0 Å². The van der Waals surface area contributed by atoms with Gasteiger partial charge in [0.25, 0.3) is 0 Å². The second kappa shape index (κ2) is 6.18. The normalized spacial score (nSPS) is 11.6. The number of ketones is 1. The van der Waals surface area contributed by atoms with Crippen molar-refractivity contribution in [3.8, 4) is 11.3 Å². The minimum absolute atomic E-state index is 0.0539. The molecule has 0 aliphatic carbocycles. The van der Waals surface area contributed by atoms with E-state index in [1.54, 1.807) is 29.7 Å². The number of hydrogen-bond donors (Lipinski definition) is 1. The second-order valence-electron chi connectivity index (χ2n) is 5.99. The van der Waals surface area contributed by atoms with Crippen molar-refractivity contribution in [1.29, 1.82) is 0 Å². The van der Waals surface area contributed by atoms with Crippen LogP contribution in [0.4, 0.5) is 0 Å². The largest absolute Gasteiger partial charge is 0.359 e. The first-order chi connectivity index (χ1) is 12.1. The molecule has 4 rings (SSSR count). The molecule has 0 atom stereocenters. The Kier molecular flexibility index (Phi) is 3.86. The lowest BCUT2D eigenvalue weighted by molar-refractivity contribution is 0.104. The number of fused-ring (bicyclic) bond motifs is 1. The summed E-state index contributed by atoms with van der Waals surface area (Å²) in [5.74, 6) is -0.0539. The molecule has 0 saturated heterocycles. The van der Waals surface area contributed by atoms with Crippen molar-refractivity contribution >= 4 is 28.2 Å². The Morgan fingerprint density at radius 2 is 2.00 bits per heavy atom. The molecule has 0 aliphatic heterocycles. The number of thiazole rings is 1. The van der Waals surface area contributed by atoms with Crippen LogP contribution in [-0.4, -0.2) is 20.2 Å². The highest BCUT2D eigenvalue weighted by Gasteiger charge is 2.14. The van der Waals surface area contributed by atoms with Crippen LogP contribution >= 0.6 is 11.3 Å². The average Bonchev–Trinajstić information content (AvgIpc) is 3.30. The van der Waals surface area contributed by atoms with Gasteiger partial charge in [0.1, 0.15) is 0 Å². The highest BCUT2D eigenvalue weighted by Crippen LogP contribution is 2.29. The van der Waals surface area contributed by atoms with E-state index in [0.717, 1.165) is 21.9 Å². The van der Waals surface area contributed by atoms with Crippen LogP contribution in [0.25, 0.3) is 22.3 Å². The molecule has 0 amide bonds. The van der Waals surface area contributed by atoms with Crippen molar-refractivity contribution in [2.24, 2.45) is 0 Å². The standard InChI is InChI=1S/C20H17N3OS/c1-13-5-7-15(8-6-13)19-17(23-12-14(2)25-20(23)22-19)9-10-18(24)16-4-3-11-21-16/h3-12,21H,1-2H3/b10-9+. The molecule has 0 radical (unpaired) electrons. The van der Waals surface area contributed by atoms with Gasteiger partial charge in [-0.15, -0.1) is 11.3 Å². The maximum absolute atomic E-state index is 12.3. The van der Waals surface area contributed by atoms with Crippen molar-refractivity contribution in [2.45, 2.75) is 13.8 Å². The van der Waals surface area contributed by atoms with E-state index < -0.39 is 0 Å². The maximum atomic E-state index is 12.3. The van der Waals surface area contributed by atoms with Gasteiger partial charge in [-0.05, 0) is 38.1 Å². The summed E-state index contributed by atoms with van der Waals surface area (Å²) in [6, 6.07) is 11.9. The quantitative estimate of drug-likeness (QED) is 0.421. The third kappa shape index (κ3) is 2.94. The van der Waals surface area contributed by atoms with Gasteiger partial charge >= 0.3 is 0 Å². The molecule has 5 heteroatoms. The Labute approximate surface area is 149 Å². The fraction of sp³-hybridized carbons (Fsp3) is 0.100. The number of allylic oxidation sites excluding steroid dienone is 1. The zero-order valence-electron chi connectivity index (χ0n) is 14.0. The molecule has 4 aromatic rings. The Morgan fingerprint density at radius 3 is 2.72 bits per heavy atom. The third-order valence-corrected chi connectivity index (χ3v) is 4.96. The van der Waals surface area contributed by atoms with Gasteiger partial charge in [-0.1, -0.05) is 29.8 Å². The van der Waals surface area contributed by atoms with E-state index >= 15 is 0 Å². The maximum Gasteiger partial charge on any atom is 0.202 e. The van der Waals surface area contributed by atoms with E-state index in [1.807, 2.05) is 16.5 Å². The van der Waals surface area contributed by atoms with Crippen molar-refractivity contribution in [3.05, 3.63) is 76.7 Å². The van der Waals surface area contributed by atoms with Gasteiger partial charge in [-0.2, -0.15) is 0 Å². The number of rotatable bonds is 4. The fourth-order valence-electron chi connectivity index (χ4n) is 2.78. The summed E-state index contributed by atoms with van der Waals surface area (Å²) in [4.78, 5) is 22.1. The minimum atomic E-state index is -0.0539. The molecular weight excluding hydrogens is 330 g/mol. The van der Waals surface area contributed by atoms with Gasteiger partial charge in [0.05, 0.1) is 17.1 Å². The molecule has 1 aromatic carbocycles. The average molecular weight is 347 g/mol. The van der Waals surface area contributed by atoms with E-state index in [4.69, 9.17) is 4.98 Å². The Balaban J connectivity index is 1.81. The molecule has 0 unspecified atom stereocenters. The van der Waals surface area contributed by atoms with E-state index in [9.17, 15) is 4.79 Å². The SMILES string of the molecule is Cc1ccc(-c2nc3sc(C)cn3c2/C=C/C(=O)c2ccc[nH]2)cc1. The van der Waals surface area contributed by atoms with Crippen LogP contribution in [0.15, 0.2) is 54.9 Å². The van der Waals surface area contributed by atoms with Crippen LogP contribution in [-0.2, 0) is 0 Å². The Morgan fingerprint density at radius 1 is 1.20 bits per heavy atom. The number of imidazole rings is 1. The summed E-state index contributed by atoms with van der Waals surface area (Å²) in [6.07, 6.45) is 7.26. The van der Waals surface area contributed by atoms with E-state index in [-0.39, 0.29) is 5.78 Å². The first kappa shape index (κ1) is 15.6. The molecule has 3 aromatic heterocycles. The van der Waals surface area contributed by atoms with Crippen molar-refractivity contribution in [1.82, 2.24) is 14.4 Å². The molecule has 0 spiro atoms. The van der Waals surface area contributed by atoms with Gasteiger partial charge in [-0.25, -0.2) is 4.98 Å². The summed E-state index contributed by atoms with van der Waals surface area (Å²) < 4.78 is 2.05. The number of carbonyl (C=O) groups excluding carboxylic acids is 1. The van der Waals surface area contributed by atoms with E-state index in [0.29, 0.717) is 5.69 Å². The summed E-state index contributed by atoms with van der Waals surface area (Å²) in [6.45, 7) is 4.12. The molecule has 0 aliphatic rings. The number of nitrogens with zero attached hydrogens (tertiary/aromatic N) is 2. The third-order valence-electron chi connectivity index (χ3n) is 4.06. The van der Waals surface area contributed by atoms with Crippen LogP contribution in [0.1, 0.15) is 26.6 Å². The fourth-order valence-corrected chi connectivity index (χ4v) is 3.62. The number of aromatic nitrogens is 3. The minimum Gasteiger partial charge on any atom is -0.359 e. The molecule has 1 N–H and O–H groups in total. The molecule has 124 valence electrons. The zero-order chi connectivity index (χ0) is 17.4. The lowest BCUT2D eigenvalue weighted by atomic mass is 10.1. The smallest absolute Gasteiger partial charge is 0.202 e. The Bertz CT molecular complexity index is 1070. The molecule has 3 heterocycles. The lowest BCUT2D eigenvalue weighted by Gasteiger charge is -2.01. The molecule has 0 bridgehead atoms. The number of aromatic amines is 1. The molecular formula is C20H17N3OS.